The SMILES string of the molecule is C1=NCC=C2CCCCCCC12. The second-order valence-corrected chi connectivity index (χ2v) is 3.85. The molecular weight excluding hydrogens is 146 g/mol. The van der Waals surface area contributed by atoms with Crippen molar-refractivity contribution >= 4 is 6.21 Å². The molecule has 0 aromatic rings. The van der Waals surface area contributed by atoms with Gasteiger partial charge in [0.1, 0.15) is 0 Å². The number of hydrogen-bond donors (Lipinski definition) is 0. The van der Waals surface area contributed by atoms with Gasteiger partial charge in [0.05, 0.1) is 6.54 Å². The molecule has 12 heavy (non-hydrogen) atoms. The first-order valence-electron chi connectivity index (χ1n) is 5.16. The van der Waals surface area contributed by atoms with E-state index in [0.29, 0.717) is 5.92 Å². The van der Waals surface area contributed by atoms with Crippen molar-refractivity contribution in [2.45, 2.75) is 38.5 Å². The highest BCUT2D eigenvalue weighted by molar-refractivity contribution is 5.66. The van der Waals surface area contributed by atoms with Crippen LogP contribution in [0.5, 0.6) is 0 Å². The van der Waals surface area contributed by atoms with Crippen LogP contribution >= 0.6 is 0 Å². The summed E-state index contributed by atoms with van der Waals surface area (Å²) in [5, 5.41) is 0. The smallest absolute Gasteiger partial charge is 0.0569 e. The van der Waals surface area contributed by atoms with Crippen molar-refractivity contribution in [1.82, 2.24) is 0 Å². The fraction of sp³-hybridized carbons (Fsp3) is 0.727. The summed E-state index contributed by atoms with van der Waals surface area (Å²) in [6.45, 7) is 0.936. The third-order valence-corrected chi connectivity index (χ3v) is 2.95. The number of fused-ring (bicyclic) bond motifs is 1. The van der Waals surface area contributed by atoms with Crippen molar-refractivity contribution in [3.05, 3.63) is 11.6 Å². The summed E-state index contributed by atoms with van der Waals surface area (Å²) < 4.78 is 0. The van der Waals surface area contributed by atoms with Crippen LogP contribution in [0.4, 0.5) is 0 Å². The van der Waals surface area contributed by atoms with Crippen LogP contribution in [0.2, 0.25) is 0 Å². The van der Waals surface area contributed by atoms with E-state index in [0.717, 1.165) is 6.54 Å². The van der Waals surface area contributed by atoms with Crippen molar-refractivity contribution in [1.29, 1.82) is 0 Å². The van der Waals surface area contributed by atoms with Crippen LogP contribution in [0.3, 0.4) is 0 Å². The fourth-order valence-corrected chi connectivity index (χ4v) is 2.20. The average molecular weight is 163 g/mol. The van der Waals surface area contributed by atoms with Gasteiger partial charge < -0.3 is 0 Å². The molecule has 1 fully saturated rings. The van der Waals surface area contributed by atoms with Crippen LogP contribution in [0, 0.1) is 5.92 Å². The Hall–Kier alpha value is -0.590. The number of dihydropyridines is 1. The molecule has 1 atom stereocenters. The molecule has 1 aliphatic carbocycles. The Morgan fingerprint density at radius 1 is 1.17 bits per heavy atom. The zero-order valence-electron chi connectivity index (χ0n) is 7.63. The van der Waals surface area contributed by atoms with Gasteiger partial charge in [-0.2, -0.15) is 0 Å². The highest BCUT2D eigenvalue weighted by Gasteiger charge is 2.15. The molecule has 66 valence electrons. The Balaban J connectivity index is 2.03. The third kappa shape index (κ3) is 1.77. The minimum atomic E-state index is 0.707. The van der Waals surface area contributed by atoms with E-state index in [2.05, 4.69) is 17.3 Å². The Bertz CT molecular complexity index is 203. The summed E-state index contributed by atoms with van der Waals surface area (Å²) >= 11 is 0. The van der Waals surface area contributed by atoms with Crippen molar-refractivity contribution < 1.29 is 0 Å². The normalized spacial score (nSPS) is 30.0. The minimum Gasteiger partial charge on any atom is -0.293 e. The van der Waals surface area contributed by atoms with E-state index in [1.54, 1.807) is 5.57 Å². The van der Waals surface area contributed by atoms with E-state index in [-0.39, 0.29) is 0 Å². The standard InChI is InChI=1S/C11H17N/c1-2-4-6-11-9-12-8-7-10(11)5-3-1/h7,9,11H,1-6,8H2. The summed E-state index contributed by atoms with van der Waals surface area (Å²) in [6, 6.07) is 0. The number of hydrogen-bond acceptors (Lipinski definition) is 1. The molecule has 0 radical (unpaired) electrons. The van der Waals surface area contributed by atoms with Crippen LogP contribution in [0.1, 0.15) is 38.5 Å². The predicted molar refractivity (Wildman–Crippen MR) is 52.6 cm³/mol. The van der Waals surface area contributed by atoms with Gasteiger partial charge in [0.2, 0.25) is 0 Å². The van der Waals surface area contributed by atoms with Gasteiger partial charge >= 0.3 is 0 Å². The molecule has 1 saturated carbocycles. The molecular formula is C11H17N. The molecule has 2 rings (SSSR count). The Morgan fingerprint density at radius 3 is 3.08 bits per heavy atom. The van der Waals surface area contributed by atoms with Gasteiger partial charge in [0, 0.05) is 12.1 Å². The predicted octanol–water partition coefficient (Wildman–Crippen LogP) is 2.97. The van der Waals surface area contributed by atoms with Crippen LogP contribution in [-0.4, -0.2) is 12.8 Å². The lowest BCUT2D eigenvalue weighted by Gasteiger charge is -2.21. The lowest BCUT2D eigenvalue weighted by atomic mass is 9.86. The molecule has 0 amide bonds. The highest BCUT2D eigenvalue weighted by Crippen LogP contribution is 2.27. The summed E-state index contributed by atoms with van der Waals surface area (Å²) in [6.07, 6.45) is 12.9. The quantitative estimate of drug-likeness (QED) is 0.487. The lowest BCUT2D eigenvalue weighted by Crippen LogP contribution is -2.12. The van der Waals surface area contributed by atoms with Crippen molar-refractivity contribution in [3.8, 4) is 0 Å². The number of allylic oxidation sites excluding steroid dienone is 1. The summed E-state index contributed by atoms with van der Waals surface area (Å²) in [5.41, 5.74) is 1.67. The molecule has 0 saturated heterocycles. The number of aliphatic imine (C=N–C) groups is 1. The molecule has 1 aliphatic heterocycles. The zero-order chi connectivity index (χ0) is 8.23. The molecule has 1 heterocycles. The average Bonchev–Trinajstić information content (AvgIpc) is 2.06. The summed E-state index contributed by atoms with van der Waals surface area (Å²) in [5.74, 6) is 0.707. The van der Waals surface area contributed by atoms with E-state index in [1.165, 1.54) is 38.5 Å². The monoisotopic (exact) mass is 163 g/mol. The van der Waals surface area contributed by atoms with Gasteiger partial charge in [-0.15, -0.1) is 0 Å². The Labute approximate surface area is 74.6 Å². The molecule has 0 aromatic heterocycles. The van der Waals surface area contributed by atoms with Crippen LogP contribution in [0.25, 0.3) is 0 Å². The largest absolute Gasteiger partial charge is 0.293 e. The molecule has 0 bridgehead atoms. The Morgan fingerprint density at radius 2 is 2.08 bits per heavy atom. The van der Waals surface area contributed by atoms with Crippen molar-refractivity contribution in [2.24, 2.45) is 10.9 Å². The first-order valence-corrected chi connectivity index (χ1v) is 5.16. The van der Waals surface area contributed by atoms with Crippen LogP contribution in [-0.2, 0) is 0 Å². The second-order valence-electron chi connectivity index (χ2n) is 3.85. The third-order valence-electron chi connectivity index (χ3n) is 2.95. The minimum absolute atomic E-state index is 0.707. The molecule has 0 spiro atoms. The maximum absolute atomic E-state index is 4.33. The zero-order valence-corrected chi connectivity index (χ0v) is 7.63. The maximum Gasteiger partial charge on any atom is 0.0569 e. The molecule has 0 N–H and O–H groups in total. The van der Waals surface area contributed by atoms with E-state index in [1.807, 2.05) is 0 Å². The topological polar surface area (TPSA) is 12.4 Å². The number of rotatable bonds is 0. The van der Waals surface area contributed by atoms with Crippen molar-refractivity contribution in [2.75, 3.05) is 6.54 Å². The maximum atomic E-state index is 4.33. The first-order chi connectivity index (χ1) is 5.97. The van der Waals surface area contributed by atoms with Gasteiger partial charge in [0.25, 0.3) is 0 Å². The van der Waals surface area contributed by atoms with Crippen LogP contribution in [0.15, 0.2) is 16.6 Å². The van der Waals surface area contributed by atoms with E-state index >= 15 is 0 Å². The molecule has 1 unspecified atom stereocenters. The van der Waals surface area contributed by atoms with Gasteiger partial charge in [-0.05, 0) is 19.3 Å². The molecule has 2 aliphatic rings. The van der Waals surface area contributed by atoms with Crippen LogP contribution < -0.4 is 0 Å². The first kappa shape index (κ1) is 8.03. The highest BCUT2D eigenvalue weighted by atomic mass is 14.7. The van der Waals surface area contributed by atoms with Gasteiger partial charge in [-0.3, -0.25) is 4.99 Å². The summed E-state index contributed by atoms with van der Waals surface area (Å²) in [7, 11) is 0. The second kappa shape index (κ2) is 3.88. The van der Waals surface area contributed by atoms with Gasteiger partial charge in [-0.25, -0.2) is 0 Å². The summed E-state index contributed by atoms with van der Waals surface area (Å²) in [4.78, 5) is 4.33. The molecule has 1 heteroatoms. The van der Waals surface area contributed by atoms with E-state index in [9.17, 15) is 0 Å². The fourth-order valence-electron chi connectivity index (χ4n) is 2.20. The van der Waals surface area contributed by atoms with Crippen molar-refractivity contribution in [3.63, 3.8) is 0 Å². The van der Waals surface area contributed by atoms with Gasteiger partial charge in [-0.1, -0.05) is 30.9 Å². The molecule has 1 nitrogen and oxygen atoms in total. The van der Waals surface area contributed by atoms with E-state index < -0.39 is 0 Å². The number of nitrogens with zero attached hydrogens (tertiary/aromatic N) is 1. The lowest BCUT2D eigenvalue weighted by molar-refractivity contribution is 0.528. The molecule has 0 aromatic carbocycles. The van der Waals surface area contributed by atoms with Gasteiger partial charge in [0.15, 0.2) is 0 Å². The van der Waals surface area contributed by atoms with E-state index in [4.69, 9.17) is 0 Å². The Kier molecular flexibility index (Phi) is 2.60.